The number of likely N-dealkylation sites (tertiary alicyclic amines) is 1. The first kappa shape index (κ1) is 25.9. The Morgan fingerprint density at radius 1 is 0.912 bits per heavy atom. The molecule has 1 aliphatic rings. The molecule has 1 aromatic heterocycles. The fourth-order valence-corrected chi connectivity index (χ4v) is 3.75. The van der Waals surface area contributed by atoms with Crippen LogP contribution in [-0.4, -0.2) is 36.0 Å². The molecule has 0 unspecified atom stereocenters. The molecule has 0 radical (unpaired) electrons. The monoisotopic (exact) mass is 575 g/mol. The van der Waals surface area contributed by atoms with Gasteiger partial charge < -0.3 is 15.4 Å². The Labute approximate surface area is 217 Å². The molecule has 2 aromatic carbocycles. The first-order valence-corrected chi connectivity index (χ1v) is 11.3. The highest BCUT2D eigenvalue weighted by Crippen LogP contribution is 2.19. The maximum Gasteiger partial charge on any atom is 0.219 e. The molecular weight excluding hydrogens is 544 g/mol. The maximum atomic E-state index is 13.0. The van der Waals surface area contributed by atoms with Crippen LogP contribution in [0.2, 0.25) is 0 Å². The molecule has 2 N–H and O–H groups in total. The second kappa shape index (κ2) is 13.2. The van der Waals surface area contributed by atoms with Crippen molar-refractivity contribution in [3.8, 4) is 11.6 Å². The summed E-state index contributed by atoms with van der Waals surface area (Å²) in [5.41, 5.74) is 3.57. The summed E-state index contributed by atoms with van der Waals surface area (Å²) in [7, 11) is 1.76. The van der Waals surface area contributed by atoms with Gasteiger partial charge in [0.05, 0.1) is 0 Å². The fraction of sp³-hybridized carbons (Fsp3) is 0.308. The molecule has 3 aromatic rings. The molecule has 1 fully saturated rings. The zero-order chi connectivity index (χ0) is 22.9. The number of hydrogen-bond acceptors (Lipinski definition) is 4. The van der Waals surface area contributed by atoms with Gasteiger partial charge in [0.25, 0.3) is 0 Å². The largest absolute Gasteiger partial charge is 0.439 e. The lowest BCUT2D eigenvalue weighted by Crippen LogP contribution is -2.36. The van der Waals surface area contributed by atoms with Crippen LogP contribution in [0.25, 0.3) is 0 Å². The van der Waals surface area contributed by atoms with Crippen LogP contribution in [0, 0.1) is 5.82 Å². The van der Waals surface area contributed by atoms with E-state index in [1.807, 2.05) is 6.07 Å². The second-order valence-corrected chi connectivity index (χ2v) is 8.14. The van der Waals surface area contributed by atoms with Gasteiger partial charge >= 0.3 is 0 Å². The van der Waals surface area contributed by atoms with Gasteiger partial charge in [0.2, 0.25) is 5.88 Å². The summed E-state index contributed by atoms with van der Waals surface area (Å²) in [6.45, 7) is 4.75. The van der Waals surface area contributed by atoms with Crippen LogP contribution in [0.15, 0.2) is 71.9 Å². The van der Waals surface area contributed by atoms with Crippen molar-refractivity contribution in [1.29, 1.82) is 0 Å². The normalized spacial score (nSPS) is 13.9. The topological polar surface area (TPSA) is 61.8 Å². The third-order valence-electron chi connectivity index (χ3n) is 5.61. The average Bonchev–Trinajstić information content (AvgIpc) is 3.36. The predicted molar refractivity (Wildman–Crippen MR) is 144 cm³/mol. The number of hydrogen-bond donors (Lipinski definition) is 2. The minimum Gasteiger partial charge on any atom is -0.439 e. The van der Waals surface area contributed by atoms with Gasteiger partial charge in [-0.2, -0.15) is 0 Å². The van der Waals surface area contributed by atoms with Crippen LogP contribution in [0.1, 0.15) is 29.5 Å². The molecule has 1 saturated heterocycles. The number of rotatable bonds is 8. The summed E-state index contributed by atoms with van der Waals surface area (Å²) in [4.78, 5) is 11.1. The van der Waals surface area contributed by atoms with Gasteiger partial charge in [0.15, 0.2) is 5.96 Å². The first-order chi connectivity index (χ1) is 16.2. The Balaban J connectivity index is 0.00000324. The number of aromatic nitrogens is 1. The summed E-state index contributed by atoms with van der Waals surface area (Å²) in [6.07, 6.45) is 4.38. The van der Waals surface area contributed by atoms with Crippen molar-refractivity contribution in [1.82, 2.24) is 20.5 Å². The van der Waals surface area contributed by atoms with E-state index in [4.69, 9.17) is 4.74 Å². The Bertz CT molecular complexity index is 1040. The van der Waals surface area contributed by atoms with Gasteiger partial charge in [-0.3, -0.25) is 9.89 Å². The smallest absolute Gasteiger partial charge is 0.219 e. The minimum atomic E-state index is -0.298. The van der Waals surface area contributed by atoms with E-state index in [1.54, 1.807) is 31.4 Å². The molecule has 4 rings (SSSR count). The Morgan fingerprint density at radius 2 is 1.53 bits per heavy atom. The Kier molecular flexibility index (Phi) is 10.1. The molecule has 0 spiro atoms. The van der Waals surface area contributed by atoms with E-state index in [0.717, 1.165) is 18.1 Å². The van der Waals surface area contributed by atoms with E-state index >= 15 is 0 Å². The predicted octanol–water partition coefficient (Wildman–Crippen LogP) is 5.09. The van der Waals surface area contributed by atoms with E-state index in [2.05, 4.69) is 49.8 Å². The summed E-state index contributed by atoms with van der Waals surface area (Å²) < 4.78 is 18.6. The van der Waals surface area contributed by atoms with Crippen LogP contribution in [-0.2, 0) is 19.6 Å². The van der Waals surface area contributed by atoms with Crippen LogP contribution >= 0.6 is 24.0 Å². The number of guanidine groups is 1. The number of benzene rings is 2. The third kappa shape index (κ3) is 7.95. The molecule has 8 heteroatoms. The molecule has 0 bridgehead atoms. The lowest BCUT2D eigenvalue weighted by atomic mass is 10.1. The third-order valence-corrected chi connectivity index (χ3v) is 5.61. The molecule has 34 heavy (non-hydrogen) atoms. The summed E-state index contributed by atoms with van der Waals surface area (Å²) in [6, 6.07) is 18.4. The van der Waals surface area contributed by atoms with Crippen LogP contribution < -0.4 is 15.4 Å². The van der Waals surface area contributed by atoms with Crippen LogP contribution in [0.3, 0.4) is 0 Å². The summed E-state index contributed by atoms with van der Waals surface area (Å²) in [5, 5.41) is 6.65. The lowest BCUT2D eigenvalue weighted by Gasteiger charge is -2.15. The number of aliphatic imine (C=N–C) groups is 1. The second-order valence-electron chi connectivity index (χ2n) is 8.14. The number of nitrogens with one attached hydrogen (secondary N) is 2. The molecule has 0 atom stereocenters. The van der Waals surface area contributed by atoms with Crippen LogP contribution in [0.5, 0.6) is 11.6 Å². The van der Waals surface area contributed by atoms with Crippen molar-refractivity contribution in [2.75, 3.05) is 20.1 Å². The fourth-order valence-electron chi connectivity index (χ4n) is 3.75. The zero-order valence-electron chi connectivity index (χ0n) is 19.3. The Morgan fingerprint density at radius 3 is 2.15 bits per heavy atom. The van der Waals surface area contributed by atoms with Crippen molar-refractivity contribution < 1.29 is 9.13 Å². The highest BCUT2D eigenvalue weighted by Gasteiger charge is 2.11. The molecule has 1 aliphatic heterocycles. The van der Waals surface area contributed by atoms with Gasteiger partial charge in [-0.1, -0.05) is 30.3 Å². The highest BCUT2D eigenvalue weighted by atomic mass is 127. The number of ether oxygens (including phenoxy) is 1. The number of halogens is 2. The summed E-state index contributed by atoms with van der Waals surface area (Å²) >= 11 is 0. The molecule has 180 valence electrons. The van der Waals surface area contributed by atoms with Crippen molar-refractivity contribution in [3.05, 3.63) is 89.4 Å². The van der Waals surface area contributed by atoms with E-state index in [1.165, 1.54) is 49.2 Å². The maximum absolute atomic E-state index is 13.0. The number of pyridine rings is 1. The van der Waals surface area contributed by atoms with Crippen molar-refractivity contribution in [2.45, 2.75) is 32.5 Å². The van der Waals surface area contributed by atoms with E-state index < -0.39 is 0 Å². The first-order valence-electron chi connectivity index (χ1n) is 11.3. The molecule has 6 nitrogen and oxygen atoms in total. The lowest BCUT2D eigenvalue weighted by molar-refractivity contribution is 0.331. The highest BCUT2D eigenvalue weighted by molar-refractivity contribution is 14.0. The van der Waals surface area contributed by atoms with Crippen molar-refractivity contribution in [2.24, 2.45) is 4.99 Å². The zero-order valence-corrected chi connectivity index (χ0v) is 21.7. The molecule has 2 heterocycles. The van der Waals surface area contributed by atoms with Gasteiger partial charge in [-0.05, 0) is 66.9 Å². The minimum absolute atomic E-state index is 0. The van der Waals surface area contributed by atoms with Gasteiger partial charge in [0, 0.05) is 38.9 Å². The molecule has 0 aliphatic carbocycles. The number of nitrogens with zero attached hydrogens (tertiary/aromatic N) is 3. The summed E-state index contributed by atoms with van der Waals surface area (Å²) in [5.74, 6) is 1.43. The molecule has 0 amide bonds. The van der Waals surface area contributed by atoms with Crippen LogP contribution in [0.4, 0.5) is 4.39 Å². The van der Waals surface area contributed by atoms with Gasteiger partial charge in [0.1, 0.15) is 11.6 Å². The van der Waals surface area contributed by atoms with Gasteiger partial charge in [-0.25, -0.2) is 9.37 Å². The van der Waals surface area contributed by atoms with E-state index in [-0.39, 0.29) is 29.8 Å². The SMILES string of the molecule is CN=C(NCc1ccc(CN2CCCC2)cc1)NCc1ccc(Oc2ccc(F)cc2)nc1.I. The standard InChI is InChI=1S/C26H30FN5O.HI/c1-28-26(30-16-20-4-6-21(7-5-20)19-32-14-2-3-15-32)31-18-22-8-13-25(29-17-22)33-24-11-9-23(27)10-12-24;/h4-13,17H,2-3,14-16,18-19H2,1H3,(H2,28,30,31);1H. The van der Waals surface area contributed by atoms with E-state index in [9.17, 15) is 4.39 Å². The molecule has 0 saturated carbocycles. The van der Waals surface area contributed by atoms with E-state index in [0.29, 0.717) is 24.7 Å². The molecular formula is C26H31FIN5O. The quantitative estimate of drug-likeness (QED) is 0.223. The Hall–Kier alpha value is -2.72. The average molecular weight is 575 g/mol. The van der Waals surface area contributed by atoms with Crippen molar-refractivity contribution >= 4 is 29.9 Å². The van der Waals surface area contributed by atoms with Crippen molar-refractivity contribution in [3.63, 3.8) is 0 Å². The van der Waals surface area contributed by atoms with Gasteiger partial charge in [-0.15, -0.1) is 24.0 Å².